The summed E-state index contributed by atoms with van der Waals surface area (Å²) >= 11 is 5.04. The monoisotopic (exact) mass is 1310 g/mol. The molecule has 33 nitrogen and oxygen atoms in total. The van der Waals surface area contributed by atoms with Crippen LogP contribution in [0.5, 0.6) is 0 Å². The van der Waals surface area contributed by atoms with Gasteiger partial charge in [-0.3, -0.25) is 4.79 Å². The minimum absolute atomic E-state index is 0.0779. The summed E-state index contributed by atoms with van der Waals surface area (Å²) in [6.45, 7) is 2.78. The Labute approximate surface area is 515 Å². The molecule has 0 aromatic rings. The number of carbonyl (C=O) groups is 1. The second kappa shape index (κ2) is 29.0. The average Bonchev–Trinajstić information content (AvgIpc) is 1.71. The lowest BCUT2D eigenvalue weighted by molar-refractivity contribution is -0.405. The third kappa shape index (κ3) is 13.6. The lowest BCUT2D eigenvalue weighted by atomic mass is 9.45. The van der Waals surface area contributed by atoms with E-state index in [0.717, 1.165) is 0 Å². The molecular weight excluding hydrogens is 1220 g/mol. The van der Waals surface area contributed by atoms with Crippen LogP contribution in [0.3, 0.4) is 0 Å². The van der Waals surface area contributed by atoms with Crippen molar-refractivity contribution in [3.63, 3.8) is 0 Å². The molecular formula is C55H90O33S. The summed E-state index contributed by atoms with van der Waals surface area (Å²) in [7, 11) is 0. The molecule has 9 aliphatic rings. The summed E-state index contributed by atoms with van der Waals surface area (Å²) < 4.78 is 71.3. The fraction of sp³-hybridized carbons (Fsp3) is 0.945. The van der Waals surface area contributed by atoms with Gasteiger partial charge in [-0.05, 0) is 80.6 Å². The summed E-state index contributed by atoms with van der Waals surface area (Å²) in [6, 6.07) is 0. The van der Waals surface area contributed by atoms with Gasteiger partial charge >= 0.3 is 5.97 Å². The van der Waals surface area contributed by atoms with Crippen LogP contribution in [0.1, 0.15) is 65.2 Å². The van der Waals surface area contributed by atoms with Crippen LogP contribution in [0.25, 0.3) is 0 Å². The number of ether oxygens (including phenoxy) is 12. The number of thiol groups is 1. The molecule has 6 aliphatic heterocycles. The van der Waals surface area contributed by atoms with Gasteiger partial charge in [-0.25, -0.2) is 0 Å². The maximum absolute atomic E-state index is 15.2. The van der Waals surface area contributed by atoms with E-state index >= 15 is 4.79 Å². The van der Waals surface area contributed by atoms with Crippen LogP contribution in [0.2, 0.25) is 0 Å². The van der Waals surface area contributed by atoms with Crippen molar-refractivity contribution in [2.45, 2.75) is 254 Å². The smallest absolute Gasteiger partial charge is 0.314 e. The second-order valence-electron chi connectivity index (χ2n) is 25.6. The highest BCUT2D eigenvalue weighted by molar-refractivity contribution is 7.81. The van der Waals surface area contributed by atoms with Gasteiger partial charge in [0, 0.05) is 0 Å². The molecule has 33 unspecified atom stereocenters. The molecule has 0 aromatic carbocycles. The molecule has 34 heteroatoms. The third-order valence-corrected chi connectivity index (χ3v) is 20.9. The molecule has 514 valence electrons. The van der Waals surface area contributed by atoms with Crippen molar-refractivity contribution in [2.24, 2.45) is 28.6 Å². The summed E-state index contributed by atoms with van der Waals surface area (Å²) in [5.41, 5.74) is -1.50. The molecule has 6 heterocycles. The first-order valence-electron chi connectivity index (χ1n) is 30.1. The molecule has 3 saturated carbocycles. The zero-order chi connectivity index (χ0) is 65.1. The topological polar surface area (TPSA) is 532 Å². The highest BCUT2D eigenvalue weighted by Crippen LogP contribution is 2.65. The van der Waals surface area contributed by atoms with Gasteiger partial charge < -0.3 is 159 Å². The summed E-state index contributed by atoms with van der Waals surface area (Å²) in [5.74, 6) is -1.54. The van der Waals surface area contributed by atoms with Gasteiger partial charge in [0.05, 0.1) is 45.1 Å². The molecule has 0 amide bonds. The fourth-order valence-electron chi connectivity index (χ4n) is 15.0. The number of hydrogen-bond acceptors (Lipinski definition) is 34. The van der Waals surface area contributed by atoms with Gasteiger partial charge in [0.1, 0.15) is 145 Å². The average molecular weight is 1310 g/mol. The van der Waals surface area contributed by atoms with Crippen LogP contribution < -0.4 is 0 Å². The van der Waals surface area contributed by atoms with Crippen LogP contribution in [0, 0.1) is 28.6 Å². The molecule has 36 atom stereocenters. The van der Waals surface area contributed by atoms with E-state index in [1.807, 2.05) is 0 Å². The maximum Gasteiger partial charge on any atom is 0.314 e. The summed E-state index contributed by atoms with van der Waals surface area (Å²) in [6.07, 6.45) is -53.2. The highest BCUT2D eigenvalue weighted by atomic mass is 32.1. The molecule has 0 aromatic heterocycles. The molecule has 0 bridgehead atoms. The zero-order valence-corrected chi connectivity index (χ0v) is 49.8. The van der Waals surface area contributed by atoms with Gasteiger partial charge in [-0.1, -0.05) is 19.9 Å². The second-order valence-corrected chi connectivity index (χ2v) is 26.3. The third-order valence-electron chi connectivity index (χ3n) is 20.2. The number of aliphatic hydroxyl groups excluding tert-OH is 20. The van der Waals surface area contributed by atoms with Crippen molar-refractivity contribution < 1.29 is 164 Å². The maximum atomic E-state index is 15.2. The Morgan fingerprint density at radius 3 is 1.21 bits per heavy atom. The lowest BCUT2D eigenvalue weighted by Gasteiger charge is -2.59. The quantitative estimate of drug-likeness (QED) is 0.0262. The Kier molecular flexibility index (Phi) is 23.3. The first-order chi connectivity index (χ1) is 42.1. The van der Waals surface area contributed by atoms with Gasteiger partial charge in [0.15, 0.2) is 37.6 Å². The van der Waals surface area contributed by atoms with Gasteiger partial charge in [0.25, 0.3) is 0 Å². The standard InChI is InChI=1S/C55H90O33S/c1-18-11-19-5-6-27-53(2,20(19)7-10-55(18,89)88-51-45(39(73)33(67)26(17-61)82-51)84-47-41(75)35(69)29(63)22(13-57)78-47)8-4-9-54(27,3)52(76)87-50-44(38(72)32(66)25(16-60)81-50)86-49-43(37(71)31(65)24(15-59)80-49)85-48-42(36(70)30(64)23(14-58)79-48)83-46-40(74)34(68)28(62)21(12-56)77-46/h19-51,56-75,89H,1,4-17H2,2-3H3/t19?,20-,21?,22?,23?,24?,25?,26?,27?,28?,29?,30?,31?,32?,33?,34?,35?,36?,37?,38?,39?,40?,41?,42?,43?,44?,45?,46?,47?,48?,49?,50?,51?,53+,54-,55?/m1/s1. The number of hydrogen-bond donors (Lipinski definition) is 21. The molecule has 6 saturated heterocycles. The van der Waals surface area contributed by atoms with Crippen LogP contribution >= 0.6 is 12.6 Å². The number of carbonyl (C=O) groups excluding carboxylic acids is 1. The Morgan fingerprint density at radius 1 is 0.449 bits per heavy atom. The largest absolute Gasteiger partial charge is 0.432 e. The Balaban J connectivity index is 0.941. The van der Waals surface area contributed by atoms with Crippen LogP contribution in [-0.2, 0) is 61.6 Å². The Hall–Kier alpha value is -1.68. The van der Waals surface area contributed by atoms with Crippen molar-refractivity contribution in [3.8, 4) is 0 Å². The van der Waals surface area contributed by atoms with Gasteiger partial charge in [-0.2, -0.15) is 0 Å². The molecule has 3 aliphatic carbocycles. The van der Waals surface area contributed by atoms with Crippen LogP contribution in [0.4, 0.5) is 0 Å². The SMILES string of the molecule is C=C1CC2CCC3[C@](C)(C(=O)OC4OC(CO)C(O)C(O)C4OC4OC(CO)C(O)C(O)C4OC4OC(CO)C(O)C(O)C4OC4OC(CO)C(O)C(O)C4O)CCC[C@@]3(C)[C@@H]2CCC1(S)OC1OC(CO)C(O)C(O)C1OC1OC(CO)C(O)C(O)C1O. The van der Waals surface area contributed by atoms with Crippen molar-refractivity contribution in [1.82, 2.24) is 0 Å². The number of aliphatic hydroxyl groups is 20. The Morgan fingerprint density at radius 2 is 0.798 bits per heavy atom. The number of fused-ring (bicyclic) bond motifs is 3. The highest BCUT2D eigenvalue weighted by Gasteiger charge is 2.63. The number of esters is 1. The van der Waals surface area contributed by atoms with E-state index in [9.17, 15) is 102 Å². The van der Waals surface area contributed by atoms with Gasteiger partial charge in [-0.15, -0.1) is 12.6 Å². The normalized spacial score (nSPS) is 53.3. The first-order valence-corrected chi connectivity index (χ1v) is 30.5. The molecule has 20 N–H and O–H groups in total. The first kappa shape index (κ1) is 71.6. The van der Waals surface area contributed by atoms with E-state index in [4.69, 9.17) is 69.5 Å². The van der Waals surface area contributed by atoms with E-state index in [2.05, 4.69) is 13.5 Å². The van der Waals surface area contributed by atoms with E-state index < -0.39 is 252 Å². The molecule has 9 rings (SSSR count). The van der Waals surface area contributed by atoms with Crippen molar-refractivity contribution in [1.29, 1.82) is 0 Å². The minimum atomic E-state index is -2.18. The minimum Gasteiger partial charge on any atom is -0.432 e. The summed E-state index contributed by atoms with van der Waals surface area (Å²) in [4.78, 5) is 13.7. The molecule has 0 spiro atoms. The number of rotatable bonds is 18. The molecule has 9 fully saturated rings. The van der Waals surface area contributed by atoms with E-state index in [0.29, 0.717) is 44.1 Å². The summed E-state index contributed by atoms with van der Waals surface area (Å²) in [5, 5.41) is 215. The zero-order valence-electron chi connectivity index (χ0n) is 48.9. The predicted molar refractivity (Wildman–Crippen MR) is 290 cm³/mol. The van der Waals surface area contributed by atoms with Crippen molar-refractivity contribution >= 4 is 18.6 Å². The van der Waals surface area contributed by atoms with E-state index in [1.165, 1.54) is 0 Å². The van der Waals surface area contributed by atoms with Crippen molar-refractivity contribution in [3.05, 3.63) is 12.2 Å². The van der Waals surface area contributed by atoms with E-state index in [-0.39, 0.29) is 24.7 Å². The lowest BCUT2D eigenvalue weighted by Crippen LogP contribution is -2.68. The predicted octanol–water partition coefficient (Wildman–Crippen LogP) is -9.35. The fourth-order valence-corrected chi connectivity index (χ4v) is 15.3. The Bertz CT molecular complexity index is 2340. The molecule has 0 radical (unpaired) electrons. The molecule has 89 heavy (non-hydrogen) atoms. The van der Waals surface area contributed by atoms with E-state index in [1.54, 1.807) is 6.92 Å². The van der Waals surface area contributed by atoms with Crippen molar-refractivity contribution in [2.75, 3.05) is 39.6 Å². The van der Waals surface area contributed by atoms with Gasteiger partial charge in [0.2, 0.25) is 6.29 Å². The van der Waals surface area contributed by atoms with Crippen LogP contribution in [0.15, 0.2) is 12.2 Å². The van der Waals surface area contributed by atoms with Crippen LogP contribution in [-0.4, -0.2) is 337 Å².